The molecule has 0 saturated carbocycles. The largest absolute Gasteiger partial charge is 0.326 e. The Hall–Kier alpha value is -0.810. The molecule has 0 aliphatic carbocycles. The first-order valence-corrected chi connectivity index (χ1v) is 6.59. The average molecular weight is 320 g/mol. The zero-order valence-corrected chi connectivity index (χ0v) is 13.1. The topological polar surface area (TPSA) is 58.4 Å². The van der Waals surface area contributed by atoms with Gasteiger partial charge in [0.15, 0.2) is 0 Å². The summed E-state index contributed by atoms with van der Waals surface area (Å²) >= 11 is 0. The zero-order valence-electron chi connectivity index (χ0n) is 11.5. The van der Waals surface area contributed by atoms with Gasteiger partial charge in [0.25, 0.3) is 0 Å². The first kappa shape index (κ1) is 19.2. The van der Waals surface area contributed by atoms with Crippen LogP contribution in [0.4, 0.5) is 5.69 Å². The van der Waals surface area contributed by atoms with Gasteiger partial charge in [0.2, 0.25) is 5.91 Å². The lowest BCUT2D eigenvalue weighted by Gasteiger charge is -2.14. The number of nitrogens with zero attached hydrogens (tertiary/aromatic N) is 1. The van der Waals surface area contributed by atoms with Crippen LogP contribution in [0.1, 0.15) is 24.8 Å². The van der Waals surface area contributed by atoms with Gasteiger partial charge in [0, 0.05) is 25.2 Å². The number of nitrogens with one attached hydrogen (secondary N) is 1. The Morgan fingerprint density at radius 1 is 1.15 bits per heavy atom. The highest BCUT2D eigenvalue weighted by molar-refractivity contribution is 5.90. The highest BCUT2D eigenvalue weighted by Gasteiger charge is 2.12. The summed E-state index contributed by atoms with van der Waals surface area (Å²) in [5, 5.41) is 2.91. The van der Waals surface area contributed by atoms with Crippen LogP contribution in [-0.2, 0) is 11.3 Å². The molecule has 4 nitrogen and oxygen atoms in total. The molecule has 0 bridgehead atoms. The fraction of sp³-hybridized carbons (Fsp3) is 0.500. The van der Waals surface area contributed by atoms with E-state index >= 15 is 0 Å². The SMILES string of the molecule is Cl.Cl.NCc1ccc(NC(=O)CCN2CCCC2)cc1. The fourth-order valence-electron chi connectivity index (χ4n) is 2.21. The lowest BCUT2D eigenvalue weighted by molar-refractivity contribution is -0.116. The van der Waals surface area contributed by atoms with E-state index in [1.54, 1.807) is 0 Å². The van der Waals surface area contributed by atoms with Crippen LogP contribution in [0.3, 0.4) is 0 Å². The molecule has 0 spiro atoms. The summed E-state index contributed by atoms with van der Waals surface area (Å²) in [4.78, 5) is 14.1. The molecule has 1 fully saturated rings. The number of anilines is 1. The highest BCUT2D eigenvalue weighted by atomic mass is 35.5. The minimum atomic E-state index is 0. The third kappa shape index (κ3) is 6.09. The molecule has 1 aliphatic heterocycles. The molecular formula is C14H23Cl2N3O. The van der Waals surface area contributed by atoms with Gasteiger partial charge >= 0.3 is 0 Å². The molecule has 1 heterocycles. The van der Waals surface area contributed by atoms with Crippen molar-refractivity contribution in [3.8, 4) is 0 Å². The average Bonchev–Trinajstić information content (AvgIpc) is 2.90. The summed E-state index contributed by atoms with van der Waals surface area (Å²) in [7, 11) is 0. The first-order chi connectivity index (χ1) is 8.78. The number of hydrogen-bond acceptors (Lipinski definition) is 3. The number of likely N-dealkylation sites (tertiary alicyclic amines) is 1. The molecule has 3 N–H and O–H groups in total. The van der Waals surface area contributed by atoms with Gasteiger partial charge in [-0.3, -0.25) is 4.79 Å². The van der Waals surface area contributed by atoms with Crippen LogP contribution in [0.5, 0.6) is 0 Å². The smallest absolute Gasteiger partial charge is 0.225 e. The second-order valence-electron chi connectivity index (χ2n) is 4.75. The van der Waals surface area contributed by atoms with Crippen molar-refractivity contribution in [1.29, 1.82) is 0 Å². The maximum atomic E-state index is 11.8. The predicted octanol–water partition coefficient (Wildman–Crippen LogP) is 2.41. The second kappa shape index (κ2) is 10.00. The number of benzene rings is 1. The summed E-state index contributed by atoms with van der Waals surface area (Å²) < 4.78 is 0. The molecule has 6 heteroatoms. The molecular weight excluding hydrogens is 297 g/mol. The van der Waals surface area contributed by atoms with Crippen LogP contribution < -0.4 is 11.1 Å². The molecule has 114 valence electrons. The van der Waals surface area contributed by atoms with E-state index in [1.807, 2.05) is 24.3 Å². The molecule has 1 aromatic rings. The lowest BCUT2D eigenvalue weighted by atomic mass is 10.2. The van der Waals surface area contributed by atoms with Gasteiger partial charge in [0.05, 0.1) is 0 Å². The molecule has 1 amide bonds. The third-order valence-corrected chi connectivity index (χ3v) is 3.33. The van der Waals surface area contributed by atoms with Crippen LogP contribution in [-0.4, -0.2) is 30.4 Å². The van der Waals surface area contributed by atoms with Crippen LogP contribution in [0.25, 0.3) is 0 Å². The number of carbonyl (C=O) groups excluding carboxylic acids is 1. The second-order valence-corrected chi connectivity index (χ2v) is 4.75. The van der Waals surface area contributed by atoms with E-state index in [1.165, 1.54) is 12.8 Å². The van der Waals surface area contributed by atoms with E-state index in [0.717, 1.165) is 30.9 Å². The first-order valence-electron chi connectivity index (χ1n) is 6.59. The quantitative estimate of drug-likeness (QED) is 0.876. The molecule has 2 rings (SSSR count). The van der Waals surface area contributed by atoms with Crippen molar-refractivity contribution in [3.63, 3.8) is 0 Å². The summed E-state index contributed by atoms with van der Waals surface area (Å²) in [6.45, 7) is 3.67. The molecule has 1 saturated heterocycles. The molecule has 1 aromatic carbocycles. The summed E-state index contributed by atoms with van der Waals surface area (Å²) in [6.07, 6.45) is 3.10. The van der Waals surface area contributed by atoms with Crippen molar-refractivity contribution < 1.29 is 4.79 Å². The summed E-state index contributed by atoms with van der Waals surface area (Å²) in [5.74, 6) is 0.0856. The number of nitrogens with two attached hydrogens (primary N) is 1. The fourth-order valence-corrected chi connectivity index (χ4v) is 2.21. The van der Waals surface area contributed by atoms with Crippen molar-refractivity contribution in [3.05, 3.63) is 29.8 Å². The van der Waals surface area contributed by atoms with E-state index in [2.05, 4.69) is 10.2 Å². The van der Waals surface area contributed by atoms with E-state index in [4.69, 9.17) is 5.73 Å². The Kier molecular flexibility index (Phi) is 9.59. The summed E-state index contributed by atoms with van der Waals surface area (Å²) in [5.41, 5.74) is 7.45. The predicted molar refractivity (Wildman–Crippen MR) is 87.8 cm³/mol. The highest BCUT2D eigenvalue weighted by Crippen LogP contribution is 2.11. The van der Waals surface area contributed by atoms with Crippen LogP contribution in [0.15, 0.2) is 24.3 Å². The summed E-state index contributed by atoms with van der Waals surface area (Å²) in [6, 6.07) is 7.68. The maximum Gasteiger partial charge on any atom is 0.225 e. The lowest BCUT2D eigenvalue weighted by Crippen LogP contribution is -2.25. The van der Waals surface area contributed by atoms with E-state index < -0.39 is 0 Å². The van der Waals surface area contributed by atoms with E-state index in [9.17, 15) is 4.79 Å². The monoisotopic (exact) mass is 319 g/mol. The van der Waals surface area contributed by atoms with Gasteiger partial charge in [0.1, 0.15) is 0 Å². The van der Waals surface area contributed by atoms with Gasteiger partial charge in [-0.1, -0.05) is 12.1 Å². The zero-order chi connectivity index (χ0) is 12.8. The Bertz CT molecular complexity index is 392. The van der Waals surface area contributed by atoms with Crippen molar-refractivity contribution in [2.24, 2.45) is 5.73 Å². The van der Waals surface area contributed by atoms with Crippen molar-refractivity contribution in [1.82, 2.24) is 4.90 Å². The number of halogens is 2. The van der Waals surface area contributed by atoms with Crippen molar-refractivity contribution in [2.45, 2.75) is 25.8 Å². The van der Waals surface area contributed by atoms with Crippen molar-refractivity contribution >= 4 is 36.4 Å². The Morgan fingerprint density at radius 2 is 1.75 bits per heavy atom. The third-order valence-electron chi connectivity index (χ3n) is 3.33. The molecule has 0 radical (unpaired) electrons. The molecule has 1 aliphatic rings. The van der Waals surface area contributed by atoms with Gasteiger partial charge in [-0.05, 0) is 43.6 Å². The number of hydrogen-bond donors (Lipinski definition) is 2. The minimum Gasteiger partial charge on any atom is -0.326 e. The van der Waals surface area contributed by atoms with Gasteiger partial charge in [-0.15, -0.1) is 24.8 Å². The Balaban J connectivity index is 0.00000180. The van der Waals surface area contributed by atoms with Crippen molar-refractivity contribution in [2.75, 3.05) is 25.0 Å². The standard InChI is InChI=1S/C14H21N3O.2ClH/c15-11-12-3-5-13(6-4-12)16-14(18)7-10-17-8-1-2-9-17;;/h3-6H,1-2,7-11,15H2,(H,16,18);2*1H. The number of carbonyl (C=O) groups is 1. The molecule has 0 unspecified atom stereocenters. The van der Waals surface area contributed by atoms with Crippen LogP contribution in [0, 0.1) is 0 Å². The normalized spacial score (nSPS) is 14.2. The van der Waals surface area contributed by atoms with Gasteiger partial charge in [-0.2, -0.15) is 0 Å². The van der Waals surface area contributed by atoms with Gasteiger partial charge in [-0.25, -0.2) is 0 Å². The Morgan fingerprint density at radius 3 is 2.30 bits per heavy atom. The molecule has 0 atom stereocenters. The number of rotatable bonds is 5. The molecule has 0 aromatic heterocycles. The maximum absolute atomic E-state index is 11.8. The Labute approximate surface area is 132 Å². The van der Waals surface area contributed by atoms with Crippen LogP contribution in [0.2, 0.25) is 0 Å². The van der Waals surface area contributed by atoms with Gasteiger partial charge < -0.3 is 16.0 Å². The van der Waals surface area contributed by atoms with E-state index in [0.29, 0.717) is 13.0 Å². The molecule has 20 heavy (non-hydrogen) atoms. The van der Waals surface area contributed by atoms with Crippen LogP contribution >= 0.6 is 24.8 Å². The van der Waals surface area contributed by atoms with E-state index in [-0.39, 0.29) is 30.7 Å². The minimum absolute atomic E-state index is 0. The number of amides is 1.